The monoisotopic (exact) mass is 291 g/mol. The van der Waals surface area contributed by atoms with Crippen LogP contribution < -0.4 is 4.72 Å². The molecule has 0 saturated heterocycles. The molecule has 0 radical (unpaired) electrons. The van der Waals surface area contributed by atoms with Crippen LogP contribution in [0.3, 0.4) is 0 Å². The van der Waals surface area contributed by atoms with Crippen molar-refractivity contribution in [1.29, 1.82) is 0 Å². The number of ether oxygens (including phenoxy) is 1. The fourth-order valence-electron chi connectivity index (χ4n) is 1.65. The van der Waals surface area contributed by atoms with E-state index in [1.165, 1.54) is 0 Å². The van der Waals surface area contributed by atoms with E-state index in [0.29, 0.717) is 12.4 Å². The largest absolute Gasteiger partial charge is 0.465 e. The van der Waals surface area contributed by atoms with Crippen molar-refractivity contribution in [3.63, 3.8) is 0 Å². The number of hydrogen-bond donors (Lipinski definition) is 1. The number of esters is 1. The summed E-state index contributed by atoms with van der Waals surface area (Å²) in [6.07, 6.45) is 4.34. The Hall–Kier alpha value is -0.420. The number of hydrogen-bond acceptors (Lipinski definition) is 3. The Labute approximate surface area is 120 Å². The Morgan fingerprint density at radius 2 is 1.84 bits per heavy atom. The van der Waals surface area contributed by atoms with Gasteiger partial charge >= 0.3 is 5.97 Å². The van der Waals surface area contributed by atoms with Crippen LogP contribution in [0.1, 0.15) is 60.3 Å². The van der Waals surface area contributed by atoms with Crippen molar-refractivity contribution in [3.05, 3.63) is 0 Å². The van der Waals surface area contributed by atoms with E-state index in [2.05, 4.69) is 11.6 Å². The smallest absolute Gasteiger partial charge is 0.324 e. The maximum absolute atomic E-state index is 12.0. The summed E-state index contributed by atoms with van der Waals surface area (Å²) in [5.74, 6) is 0.267. The number of unbranched alkanes of at least 4 members (excludes halogenated alkanes) is 3. The van der Waals surface area contributed by atoms with E-state index in [-0.39, 0.29) is 11.4 Å². The van der Waals surface area contributed by atoms with E-state index in [1.807, 2.05) is 20.8 Å². The SMILES string of the molecule is CCCCCCS(=O)NC(C(=O)OCC)C(C)(C)C. The van der Waals surface area contributed by atoms with Crippen LogP contribution in [0, 0.1) is 5.41 Å². The highest BCUT2D eigenvalue weighted by atomic mass is 32.2. The first-order chi connectivity index (χ1) is 8.82. The molecule has 0 aromatic carbocycles. The number of nitrogens with one attached hydrogen (secondary N) is 1. The lowest BCUT2D eigenvalue weighted by molar-refractivity contribution is -0.147. The normalized spacial score (nSPS) is 15.0. The Morgan fingerprint density at radius 3 is 2.32 bits per heavy atom. The van der Waals surface area contributed by atoms with Crippen LogP contribution in [0.2, 0.25) is 0 Å². The fraction of sp³-hybridized carbons (Fsp3) is 0.929. The van der Waals surface area contributed by atoms with Crippen molar-refractivity contribution < 1.29 is 13.7 Å². The minimum atomic E-state index is -1.18. The van der Waals surface area contributed by atoms with E-state index >= 15 is 0 Å². The standard InChI is InChI=1S/C14H29NO3S/c1-6-8-9-10-11-19(17)15-12(14(3,4)5)13(16)18-7-2/h12,15H,6-11H2,1-5H3. The maximum Gasteiger partial charge on any atom is 0.324 e. The predicted molar refractivity (Wildman–Crippen MR) is 80.2 cm³/mol. The highest BCUT2D eigenvalue weighted by Gasteiger charge is 2.33. The zero-order valence-electron chi connectivity index (χ0n) is 13.0. The minimum Gasteiger partial charge on any atom is -0.465 e. The van der Waals surface area contributed by atoms with Gasteiger partial charge in [-0.15, -0.1) is 0 Å². The summed E-state index contributed by atoms with van der Waals surface area (Å²) in [7, 11) is -1.18. The molecule has 0 rings (SSSR count). The molecule has 19 heavy (non-hydrogen) atoms. The van der Waals surface area contributed by atoms with E-state index in [0.717, 1.165) is 25.7 Å². The van der Waals surface area contributed by atoms with Crippen LogP contribution in [-0.4, -0.2) is 28.6 Å². The molecule has 0 bridgehead atoms. The van der Waals surface area contributed by atoms with Crippen molar-refractivity contribution in [1.82, 2.24) is 4.72 Å². The lowest BCUT2D eigenvalue weighted by atomic mass is 9.87. The maximum atomic E-state index is 12.0. The zero-order valence-corrected chi connectivity index (χ0v) is 13.8. The highest BCUT2D eigenvalue weighted by molar-refractivity contribution is 7.83. The number of rotatable bonds is 9. The van der Waals surface area contributed by atoms with Crippen molar-refractivity contribution in [2.45, 2.75) is 66.3 Å². The van der Waals surface area contributed by atoms with E-state index in [1.54, 1.807) is 6.92 Å². The van der Waals surface area contributed by atoms with Gasteiger partial charge in [0.1, 0.15) is 6.04 Å². The summed E-state index contributed by atoms with van der Waals surface area (Å²) in [4.78, 5) is 11.9. The minimum absolute atomic E-state index is 0.314. The molecule has 0 heterocycles. The second kappa shape index (κ2) is 9.48. The van der Waals surface area contributed by atoms with Gasteiger partial charge in [-0.25, -0.2) is 8.93 Å². The summed E-state index contributed by atoms with van der Waals surface area (Å²) in [5.41, 5.74) is -0.314. The molecule has 0 saturated carbocycles. The van der Waals surface area contributed by atoms with Gasteiger partial charge in [-0.3, -0.25) is 4.79 Å². The third-order valence-corrected chi connectivity index (χ3v) is 3.98. The highest BCUT2D eigenvalue weighted by Crippen LogP contribution is 2.21. The quantitative estimate of drug-likeness (QED) is 0.525. The average Bonchev–Trinajstić information content (AvgIpc) is 2.30. The predicted octanol–water partition coefficient (Wildman–Crippen LogP) is 2.80. The molecular weight excluding hydrogens is 262 g/mol. The van der Waals surface area contributed by atoms with Gasteiger partial charge in [0.15, 0.2) is 0 Å². The summed E-state index contributed by atoms with van der Waals surface area (Å²) < 4.78 is 19.9. The molecule has 0 amide bonds. The van der Waals surface area contributed by atoms with Gasteiger partial charge in [0.2, 0.25) is 0 Å². The van der Waals surface area contributed by atoms with Crippen LogP contribution >= 0.6 is 0 Å². The van der Waals surface area contributed by atoms with E-state index in [4.69, 9.17) is 4.74 Å². The Morgan fingerprint density at radius 1 is 1.21 bits per heavy atom. The van der Waals surface area contributed by atoms with Crippen LogP contribution in [0.5, 0.6) is 0 Å². The van der Waals surface area contributed by atoms with E-state index in [9.17, 15) is 9.00 Å². The van der Waals surface area contributed by atoms with Gasteiger partial charge in [-0.05, 0) is 18.8 Å². The van der Waals surface area contributed by atoms with Crippen molar-refractivity contribution >= 4 is 17.0 Å². The van der Waals surface area contributed by atoms with Crippen molar-refractivity contribution in [3.8, 4) is 0 Å². The summed E-state index contributed by atoms with van der Waals surface area (Å²) >= 11 is 0. The molecule has 4 nitrogen and oxygen atoms in total. The van der Waals surface area contributed by atoms with Crippen LogP contribution in [0.4, 0.5) is 0 Å². The van der Waals surface area contributed by atoms with Crippen molar-refractivity contribution in [2.24, 2.45) is 5.41 Å². The summed E-state index contributed by atoms with van der Waals surface area (Å²) in [6.45, 7) is 10.1. The van der Waals surface area contributed by atoms with Crippen LogP contribution in [-0.2, 0) is 20.5 Å². The molecule has 1 N–H and O–H groups in total. The molecule has 114 valence electrons. The number of carbonyl (C=O) groups is 1. The zero-order chi connectivity index (χ0) is 14.9. The molecule has 0 spiro atoms. The Balaban J connectivity index is 4.33. The summed E-state index contributed by atoms with van der Waals surface area (Å²) in [6, 6.07) is -0.528. The first-order valence-electron chi connectivity index (χ1n) is 7.14. The molecule has 0 aliphatic heterocycles. The third-order valence-electron chi connectivity index (χ3n) is 2.82. The molecular formula is C14H29NO3S. The topological polar surface area (TPSA) is 55.4 Å². The summed E-state index contributed by atoms with van der Waals surface area (Å²) in [5, 5.41) is 0. The fourth-order valence-corrected chi connectivity index (χ4v) is 2.95. The van der Waals surface area contributed by atoms with Crippen LogP contribution in [0.15, 0.2) is 0 Å². The molecule has 0 aliphatic rings. The molecule has 0 fully saturated rings. The van der Waals surface area contributed by atoms with Gasteiger partial charge in [0.05, 0.1) is 17.6 Å². The second-order valence-electron chi connectivity index (χ2n) is 5.78. The van der Waals surface area contributed by atoms with Gasteiger partial charge in [-0.2, -0.15) is 0 Å². The van der Waals surface area contributed by atoms with Gasteiger partial charge in [-0.1, -0.05) is 47.0 Å². The Kier molecular flexibility index (Phi) is 9.27. The van der Waals surface area contributed by atoms with Crippen molar-refractivity contribution in [2.75, 3.05) is 12.4 Å². The van der Waals surface area contributed by atoms with E-state index < -0.39 is 17.0 Å². The lowest BCUT2D eigenvalue weighted by Gasteiger charge is -2.28. The first-order valence-corrected chi connectivity index (χ1v) is 8.46. The second-order valence-corrected chi connectivity index (χ2v) is 7.11. The molecule has 5 heteroatoms. The van der Waals surface area contributed by atoms with Gasteiger partial charge < -0.3 is 4.74 Å². The van der Waals surface area contributed by atoms with Gasteiger partial charge in [0.25, 0.3) is 0 Å². The average molecular weight is 291 g/mol. The molecule has 0 aliphatic carbocycles. The van der Waals surface area contributed by atoms with Gasteiger partial charge in [0, 0.05) is 5.75 Å². The molecule has 2 unspecified atom stereocenters. The first kappa shape index (κ1) is 18.6. The molecule has 0 aromatic rings. The lowest BCUT2D eigenvalue weighted by Crippen LogP contribution is -2.48. The third kappa shape index (κ3) is 8.37. The number of carbonyl (C=O) groups excluding carboxylic acids is 1. The molecule has 0 aromatic heterocycles. The van der Waals surface area contributed by atoms with Crippen LogP contribution in [0.25, 0.3) is 0 Å². The molecule has 2 atom stereocenters. The Bertz CT molecular complexity index is 287.